The van der Waals surface area contributed by atoms with Crippen molar-refractivity contribution in [2.75, 3.05) is 0 Å². The average molecular weight is 233 g/mol. The fourth-order valence-corrected chi connectivity index (χ4v) is 1.62. The molecular weight excluding hydrogens is 218 g/mol. The second-order valence-corrected chi connectivity index (χ2v) is 3.75. The summed E-state index contributed by atoms with van der Waals surface area (Å²) in [6.45, 7) is 4.95. The van der Waals surface area contributed by atoms with Gasteiger partial charge in [0.25, 0.3) is 5.91 Å². The highest BCUT2D eigenvalue weighted by Crippen LogP contribution is 2.04. The molecule has 90 valence electrons. The van der Waals surface area contributed by atoms with Gasteiger partial charge in [0.1, 0.15) is 5.69 Å². The van der Waals surface area contributed by atoms with Crippen LogP contribution in [0.2, 0.25) is 0 Å². The number of nitrogens with zero attached hydrogens (tertiary/aromatic N) is 3. The zero-order valence-corrected chi connectivity index (χ0v) is 9.90. The molecule has 2 aromatic rings. The van der Waals surface area contributed by atoms with Gasteiger partial charge in [0.05, 0.1) is 24.3 Å². The maximum absolute atomic E-state index is 11.9. The molecule has 0 fully saturated rings. The van der Waals surface area contributed by atoms with Crippen LogP contribution in [0.25, 0.3) is 0 Å². The number of H-pyrrole nitrogens is 1. The fourth-order valence-electron chi connectivity index (χ4n) is 1.62. The van der Waals surface area contributed by atoms with Gasteiger partial charge in [0.2, 0.25) is 0 Å². The van der Waals surface area contributed by atoms with Gasteiger partial charge in [-0.25, -0.2) is 4.98 Å². The van der Waals surface area contributed by atoms with E-state index in [-0.39, 0.29) is 5.91 Å². The predicted octanol–water partition coefficient (Wildman–Crippen LogP) is 0.865. The second kappa shape index (κ2) is 4.82. The minimum Gasteiger partial charge on any atom is -0.347 e. The lowest BCUT2D eigenvalue weighted by Crippen LogP contribution is -2.25. The van der Waals surface area contributed by atoms with E-state index in [1.165, 1.54) is 0 Å². The highest BCUT2D eigenvalue weighted by Gasteiger charge is 2.12. The molecule has 0 atom stereocenters. The van der Waals surface area contributed by atoms with E-state index in [2.05, 4.69) is 20.4 Å². The van der Waals surface area contributed by atoms with Crippen LogP contribution >= 0.6 is 0 Å². The topological polar surface area (TPSA) is 75.6 Å². The zero-order valence-electron chi connectivity index (χ0n) is 9.90. The van der Waals surface area contributed by atoms with E-state index < -0.39 is 0 Å². The number of nitrogens with one attached hydrogen (secondary N) is 2. The normalized spacial score (nSPS) is 10.5. The molecule has 0 saturated carbocycles. The van der Waals surface area contributed by atoms with Crippen LogP contribution in [0.4, 0.5) is 0 Å². The number of rotatable bonds is 4. The first kappa shape index (κ1) is 11.4. The van der Waals surface area contributed by atoms with E-state index in [1.54, 1.807) is 23.3 Å². The molecule has 0 saturated heterocycles. The fraction of sp³-hybridized carbons (Fsp3) is 0.364. The average Bonchev–Trinajstić information content (AvgIpc) is 2.94. The highest BCUT2D eigenvalue weighted by atomic mass is 16.2. The largest absolute Gasteiger partial charge is 0.347 e. The lowest BCUT2D eigenvalue weighted by Gasteiger charge is -2.05. The smallest absolute Gasteiger partial charge is 0.269 e. The molecule has 0 aliphatic rings. The van der Waals surface area contributed by atoms with Crippen LogP contribution < -0.4 is 5.32 Å². The number of imidazole rings is 1. The number of hydrogen-bond acceptors (Lipinski definition) is 3. The van der Waals surface area contributed by atoms with Crippen molar-refractivity contribution in [3.63, 3.8) is 0 Å². The molecule has 0 aliphatic carbocycles. The summed E-state index contributed by atoms with van der Waals surface area (Å²) in [5.41, 5.74) is 2.31. The van der Waals surface area contributed by atoms with Crippen LogP contribution in [0, 0.1) is 6.92 Å². The molecule has 0 aromatic carbocycles. The van der Waals surface area contributed by atoms with Gasteiger partial charge in [-0.15, -0.1) is 0 Å². The van der Waals surface area contributed by atoms with Gasteiger partial charge >= 0.3 is 0 Å². The molecule has 2 heterocycles. The lowest BCUT2D eigenvalue weighted by atomic mass is 10.3. The molecule has 0 spiro atoms. The van der Waals surface area contributed by atoms with E-state index in [0.29, 0.717) is 18.8 Å². The number of aryl methyl sites for hydroxylation is 2. The van der Waals surface area contributed by atoms with Gasteiger partial charge in [-0.1, -0.05) is 0 Å². The van der Waals surface area contributed by atoms with Crippen molar-refractivity contribution < 1.29 is 4.79 Å². The molecule has 2 N–H and O–H groups in total. The summed E-state index contributed by atoms with van der Waals surface area (Å²) in [4.78, 5) is 18.7. The van der Waals surface area contributed by atoms with Crippen molar-refractivity contribution in [3.8, 4) is 0 Å². The quantitative estimate of drug-likeness (QED) is 0.822. The Kier molecular flexibility index (Phi) is 3.22. The second-order valence-electron chi connectivity index (χ2n) is 3.75. The Morgan fingerprint density at radius 2 is 2.41 bits per heavy atom. The SMILES string of the molecule is CCn1nc(C)cc1C(=O)NCc1cnc[nH]1. The third-order valence-electron chi connectivity index (χ3n) is 2.43. The molecule has 6 heteroatoms. The molecule has 2 rings (SSSR count). The Balaban J connectivity index is 2.04. The van der Waals surface area contributed by atoms with Crippen LogP contribution in [-0.4, -0.2) is 25.7 Å². The number of amides is 1. The van der Waals surface area contributed by atoms with Crippen molar-refractivity contribution in [1.82, 2.24) is 25.1 Å². The lowest BCUT2D eigenvalue weighted by molar-refractivity contribution is 0.0940. The molecule has 2 aromatic heterocycles. The van der Waals surface area contributed by atoms with E-state index in [9.17, 15) is 4.79 Å². The number of aromatic amines is 1. The summed E-state index contributed by atoms with van der Waals surface area (Å²) < 4.78 is 1.69. The molecule has 17 heavy (non-hydrogen) atoms. The number of aromatic nitrogens is 4. The van der Waals surface area contributed by atoms with Gasteiger partial charge in [-0.2, -0.15) is 5.10 Å². The zero-order chi connectivity index (χ0) is 12.3. The first-order chi connectivity index (χ1) is 8.20. The van der Waals surface area contributed by atoms with Crippen molar-refractivity contribution in [3.05, 3.63) is 35.7 Å². The van der Waals surface area contributed by atoms with Crippen LogP contribution in [-0.2, 0) is 13.1 Å². The Morgan fingerprint density at radius 1 is 1.59 bits per heavy atom. The van der Waals surface area contributed by atoms with Gasteiger partial charge in [0, 0.05) is 12.7 Å². The molecule has 0 radical (unpaired) electrons. The van der Waals surface area contributed by atoms with Crippen LogP contribution in [0.3, 0.4) is 0 Å². The number of hydrogen-bond donors (Lipinski definition) is 2. The summed E-state index contributed by atoms with van der Waals surface area (Å²) in [6, 6.07) is 1.78. The van der Waals surface area contributed by atoms with E-state index >= 15 is 0 Å². The Bertz CT molecular complexity index is 500. The van der Waals surface area contributed by atoms with E-state index in [4.69, 9.17) is 0 Å². The Morgan fingerprint density at radius 3 is 3.06 bits per heavy atom. The molecule has 0 unspecified atom stereocenters. The summed E-state index contributed by atoms with van der Waals surface area (Å²) >= 11 is 0. The molecule has 1 amide bonds. The highest BCUT2D eigenvalue weighted by molar-refractivity contribution is 5.92. The Labute approximate surface area is 99.1 Å². The number of carbonyl (C=O) groups is 1. The van der Waals surface area contributed by atoms with Gasteiger partial charge in [0.15, 0.2) is 0 Å². The van der Waals surface area contributed by atoms with Gasteiger partial charge < -0.3 is 10.3 Å². The summed E-state index contributed by atoms with van der Waals surface area (Å²) in [5.74, 6) is -0.123. The standard InChI is InChI=1S/C11H15N5O/c1-3-16-10(4-8(2)15-16)11(17)13-6-9-5-12-7-14-9/h4-5,7H,3,6H2,1-2H3,(H,12,14)(H,13,17). The van der Waals surface area contributed by atoms with Gasteiger partial charge in [-0.05, 0) is 19.9 Å². The minimum absolute atomic E-state index is 0.123. The van der Waals surface area contributed by atoms with E-state index in [0.717, 1.165) is 11.4 Å². The summed E-state index contributed by atoms with van der Waals surface area (Å²) in [7, 11) is 0. The monoisotopic (exact) mass is 233 g/mol. The van der Waals surface area contributed by atoms with E-state index in [1.807, 2.05) is 13.8 Å². The predicted molar refractivity (Wildman–Crippen MR) is 62.4 cm³/mol. The van der Waals surface area contributed by atoms with Crippen molar-refractivity contribution in [2.24, 2.45) is 0 Å². The van der Waals surface area contributed by atoms with Gasteiger partial charge in [-0.3, -0.25) is 9.48 Å². The summed E-state index contributed by atoms with van der Waals surface area (Å²) in [6.07, 6.45) is 3.27. The maximum Gasteiger partial charge on any atom is 0.269 e. The molecule has 0 bridgehead atoms. The van der Waals surface area contributed by atoms with Crippen molar-refractivity contribution >= 4 is 5.91 Å². The van der Waals surface area contributed by atoms with Crippen molar-refractivity contribution in [2.45, 2.75) is 26.9 Å². The Hall–Kier alpha value is -2.11. The molecule has 6 nitrogen and oxygen atoms in total. The molecular formula is C11H15N5O. The van der Waals surface area contributed by atoms with Crippen LogP contribution in [0.1, 0.15) is 28.8 Å². The third-order valence-corrected chi connectivity index (χ3v) is 2.43. The van der Waals surface area contributed by atoms with Crippen molar-refractivity contribution in [1.29, 1.82) is 0 Å². The number of carbonyl (C=O) groups excluding carboxylic acids is 1. The van der Waals surface area contributed by atoms with Crippen LogP contribution in [0.15, 0.2) is 18.6 Å². The maximum atomic E-state index is 11.9. The third kappa shape index (κ3) is 2.52. The minimum atomic E-state index is -0.123. The first-order valence-corrected chi connectivity index (χ1v) is 5.50. The van der Waals surface area contributed by atoms with Crippen LogP contribution in [0.5, 0.6) is 0 Å². The molecule has 0 aliphatic heterocycles. The first-order valence-electron chi connectivity index (χ1n) is 5.50. The summed E-state index contributed by atoms with van der Waals surface area (Å²) in [5, 5.41) is 7.05.